The van der Waals surface area contributed by atoms with Crippen molar-refractivity contribution in [1.29, 1.82) is 0 Å². The van der Waals surface area contributed by atoms with Gasteiger partial charge in [0.1, 0.15) is 0 Å². The van der Waals surface area contributed by atoms with Crippen molar-refractivity contribution >= 4 is 10.0 Å². The van der Waals surface area contributed by atoms with Gasteiger partial charge in [0.2, 0.25) is 10.0 Å². The van der Waals surface area contributed by atoms with Crippen LogP contribution in [-0.4, -0.2) is 45.2 Å². The fourth-order valence-corrected chi connectivity index (χ4v) is 3.65. The molecule has 2 aliphatic heterocycles. The zero-order valence-electron chi connectivity index (χ0n) is 9.28. The molecule has 1 atom stereocenters. The average Bonchev–Trinajstić information content (AvgIpc) is 2.67. The number of piperidine rings is 1. The Hall–Kier alpha value is -0.130. The Labute approximate surface area is 92.1 Å². The van der Waals surface area contributed by atoms with Crippen LogP contribution in [0, 0.1) is 11.8 Å². The van der Waals surface area contributed by atoms with Crippen LogP contribution < -0.4 is 5.32 Å². The minimum absolute atomic E-state index is 0.599. The normalized spacial score (nSPS) is 30.9. The standard InChI is InChI=1S/C10H20N2O2S/c1-15(13,14)12-7-4-10(8-12)9-2-5-11-6-3-9/h9-11H,2-8H2,1H3. The molecule has 0 aromatic carbocycles. The van der Waals surface area contributed by atoms with E-state index in [1.807, 2.05) is 0 Å². The Balaban J connectivity index is 1.92. The Morgan fingerprint density at radius 1 is 1.13 bits per heavy atom. The highest BCUT2D eigenvalue weighted by Gasteiger charge is 2.33. The highest BCUT2D eigenvalue weighted by atomic mass is 32.2. The number of hydrogen-bond donors (Lipinski definition) is 1. The second kappa shape index (κ2) is 4.39. The number of nitrogens with zero attached hydrogens (tertiary/aromatic N) is 1. The molecule has 0 amide bonds. The van der Waals surface area contributed by atoms with E-state index in [9.17, 15) is 8.42 Å². The van der Waals surface area contributed by atoms with Crippen LogP contribution in [0.4, 0.5) is 0 Å². The summed E-state index contributed by atoms with van der Waals surface area (Å²) >= 11 is 0. The zero-order valence-corrected chi connectivity index (χ0v) is 10.1. The van der Waals surface area contributed by atoms with Gasteiger partial charge in [0.25, 0.3) is 0 Å². The van der Waals surface area contributed by atoms with Crippen LogP contribution in [0.15, 0.2) is 0 Å². The Morgan fingerprint density at radius 3 is 2.33 bits per heavy atom. The van der Waals surface area contributed by atoms with Gasteiger partial charge in [0.15, 0.2) is 0 Å². The molecule has 1 N–H and O–H groups in total. The van der Waals surface area contributed by atoms with Crippen molar-refractivity contribution in [3.05, 3.63) is 0 Å². The van der Waals surface area contributed by atoms with Crippen LogP contribution in [0.2, 0.25) is 0 Å². The summed E-state index contributed by atoms with van der Waals surface area (Å²) in [6.45, 7) is 3.68. The maximum atomic E-state index is 11.4. The van der Waals surface area contributed by atoms with Crippen molar-refractivity contribution in [3.8, 4) is 0 Å². The SMILES string of the molecule is CS(=O)(=O)N1CCC(C2CCNCC2)C1. The van der Waals surface area contributed by atoms with Gasteiger partial charge < -0.3 is 5.32 Å². The number of sulfonamides is 1. The third-order valence-electron chi connectivity index (χ3n) is 3.71. The summed E-state index contributed by atoms with van der Waals surface area (Å²) in [5, 5.41) is 3.35. The number of nitrogens with one attached hydrogen (secondary N) is 1. The minimum Gasteiger partial charge on any atom is -0.317 e. The van der Waals surface area contributed by atoms with E-state index in [0.717, 1.165) is 38.5 Å². The fraction of sp³-hybridized carbons (Fsp3) is 1.00. The smallest absolute Gasteiger partial charge is 0.211 e. The lowest BCUT2D eigenvalue weighted by Gasteiger charge is -2.27. The third kappa shape index (κ3) is 2.71. The van der Waals surface area contributed by atoms with Gasteiger partial charge in [-0.2, -0.15) is 0 Å². The van der Waals surface area contributed by atoms with Crippen molar-refractivity contribution in [2.45, 2.75) is 19.3 Å². The number of rotatable bonds is 2. The van der Waals surface area contributed by atoms with E-state index in [0.29, 0.717) is 5.92 Å². The highest BCUT2D eigenvalue weighted by molar-refractivity contribution is 7.88. The topological polar surface area (TPSA) is 49.4 Å². The molecular weight excluding hydrogens is 212 g/mol. The lowest BCUT2D eigenvalue weighted by molar-refractivity contribution is 0.267. The average molecular weight is 232 g/mol. The lowest BCUT2D eigenvalue weighted by Crippen LogP contribution is -2.34. The molecule has 0 aromatic rings. The minimum atomic E-state index is -2.96. The summed E-state index contributed by atoms with van der Waals surface area (Å²) in [5.74, 6) is 1.33. The van der Waals surface area contributed by atoms with E-state index in [4.69, 9.17) is 0 Å². The molecule has 0 saturated carbocycles. The number of hydrogen-bond acceptors (Lipinski definition) is 3. The van der Waals surface area contributed by atoms with E-state index < -0.39 is 10.0 Å². The third-order valence-corrected chi connectivity index (χ3v) is 4.98. The zero-order chi connectivity index (χ0) is 10.9. The molecular formula is C10H20N2O2S. The molecule has 0 aliphatic carbocycles. The van der Waals surface area contributed by atoms with Gasteiger partial charge in [0, 0.05) is 13.1 Å². The molecule has 2 rings (SSSR count). The van der Waals surface area contributed by atoms with Crippen LogP contribution in [0.5, 0.6) is 0 Å². The van der Waals surface area contributed by atoms with Crippen LogP contribution >= 0.6 is 0 Å². The molecule has 15 heavy (non-hydrogen) atoms. The molecule has 1 unspecified atom stereocenters. The second-order valence-electron chi connectivity index (χ2n) is 4.76. The molecule has 2 fully saturated rings. The summed E-state index contributed by atoms with van der Waals surface area (Å²) in [5.41, 5.74) is 0. The Kier molecular flexibility index (Phi) is 3.33. The van der Waals surface area contributed by atoms with E-state index in [1.54, 1.807) is 4.31 Å². The molecule has 0 aromatic heterocycles. The summed E-state index contributed by atoms with van der Waals surface area (Å²) in [6.07, 6.45) is 4.79. The lowest BCUT2D eigenvalue weighted by atomic mass is 9.84. The van der Waals surface area contributed by atoms with Crippen LogP contribution in [0.25, 0.3) is 0 Å². The van der Waals surface area contributed by atoms with Gasteiger partial charge in [-0.05, 0) is 44.2 Å². The molecule has 4 nitrogen and oxygen atoms in total. The van der Waals surface area contributed by atoms with Crippen molar-refractivity contribution < 1.29 is 8.42 Å². The van der Waals surface area contributed by atoms with E-state index in [2.05, 4.69) is 5.32 Å². The van der Waals surface area contributed by atoms with E-state index in [1.165, 1.54) is 19.1 Å². The van der Waals surface area contributed by atoms with Gasteiger partial charge in [-0.15, -0.1) is 0 Å². The highest BCUT2D eigenvalue weighted by Crippen LogP contribution is 2.30. The Bertz CT molecular complexity index is 309. The molecule has 0 bridgehead atoms. The van der Waals surface area contributed by atoms with Gasteiger partial charge in [0.05, 0.1) is 6.26 Å². The Morgan fingerprint density at radius 2 is 1.80 bits per heavy atom. The van der Waals surface area contributed by atoms with Gasteiger partial charge in [-0.25, -0.2) is 12.7 Å². The predicted molar refractivity (Wildman–Crippen MR) is 60.1 cm³/mol. The van der Waals surface area contributed by atoms with Gasteiger partial charge in [-0.1, -0.05) is 0 Å². The fourth-order valence-electron chi connectivity index (χ4n) is 2.76. The summed E-state index contributed by atoms with van der Waals surface area (Å²) in [6, 6.07) is 0. The molecule has 0 spiro atoms. The molecule has 2 heterocycles. The first-order valence-electron chi connectivity index (χ1n) is 5.73. The molecule has 5 heteroatoms. The molecule has 2 saturated heterocycles. The summed E-state index contributed by atoms with van der Waals surface area (Å²) < 4.78 is 24.4. The summed E-state index contributed by atoms with van der Waals surface area (Å²) in [4.78, 5) is 0. The first-order valence-corrected chi connectivity index (χ1v) is 7.58. The molecule has 88 valence electrons. The van der Waals surface area contributed by atoms with E-state index >= 15 is 0 Å². The monoisotopic (exact) mass is 232 g/mol. The second-order valence-corrected chi connectivity index (χ2v) is 6.74. The van der Waals surface area contributed by atoms with Crippen molar-refractivity contribution in [2.75, 3.05) is 32.4 Å². The van der Waals surface area contributed by atoms with Crippen molar-refractivity contribution in [3.63, 3.8) is 0 Å². The quantitative estimate of drug-likeness (QED) is 0.743. The van der Waals surface area contributed by atoms with Crippen LogP contribution in [0.1, 0.15) is 19.3 Å². The molecule has 0 radical (unpaired) electrons. The maximum Gasteiger partial charge on any atom is 0.211 e. The first-order chi connectivity index (χ1) is 7.07. The predicted octanol–water partition coefficient (Wildman–Crippen LogP) is 0.267. The van der Waals surface area contributed by atoms with Crippen LogP contribution in [-0.2, 0) is 10.0 Å². The largest absolute Gasteiger partial charge is 0.317 e. The summed E-state index contributed by atoms with van der Waals surface area (Å²) in [7, 11) is -2.96. The van der Waals surface area contributed by atoms with E-state index in [-0.39, 0.29) is 0 Å². The van der Waals surface area contributed by atoms with Crippen molar-refractivity contribution in [2.24, 2.45) is 11.8 Å². The first kappa shape index (κ1) is 11.4. The van der Waals surface area contributed by atoms with Crippen molar-refractivity contribution in [1.82, 2.24) is 9.62 Å². The van der Waals surface area contributed by atoms with Gasteiger partial charge >= 0.3 is 0 Å². The molecule has 2 aliphatic rings. The van der Waals surface area contributed by atoms with Gasteiger partial charge in [-0.3, -0.25) is 0 Å². The van der Waals surface area contributed by atoms with Crippen LogP contribution in [0.3, 0.4) is 0 Å². The maximum absolute atomic E-state index is 11.4.